The average Bonchev–Trinajstić information content (AvgIpc) is 3.22. The van der Waals surface area contributed by atoms with Crippen molar-refractivity contribution in [2.45, 2.75) is 38.8 Å². The summed E-state index contributed by atoms with van der Waals surface area (Å²) in [6, 6.07) is 4.15. The van der Waals surface area contributed by atoms with Crippen LogP contribution in [-0.2, 0) is 16.1 Å². The Morgan fingerprint density at radius 3 is 2.48 bits per heavy atom. The van der Waals surface area contributed by atoms with Crippen molar-refractivity contribution >= 4 is 23.3 Å². The molecule has 1 N–H and O–H groups in total. The topological polar surface area (TPSA) is 65.1 Å². The van der Waals surface area contributed by atoms with Crippen molar-refractivity contribution in [1.29, 1.82) is 0 Å². The molecule has 8 heteroatoms. The molecule has 1 unspecified atom stereocenters. The van der Waals surface area contributed by atoms with Crippen LogP contribution in [0.15, 0.2) is 12.1 Å². The zero-order valence-electron chi connectivity index (χ0n) is 17.5. The number of urea groups is 1. The molecular formula is C21H32N4O3S. The highest BCUT2D eigenvalue weighted by molar-refractivity contribution is 7.11. The van der Waals surface area contributed by atoms with Crippen LogP contribution in [-0.4, -0.2) is 84.7 Å². The smallest absolute Gasteiger partial charge is 0.325 e. The summed E-state index contributed by atoms with van der Waals surface area (Å²) in [5.74, 6) is 0.136. The van der Waals surface area contributed by atoms with Crippen LogP contribution in [0.3, 0.4) is 0 Å². The molecule has 0 saturated carbocycles. The van der Waals surface area contributed by atoms with Gasteiger partial charge in [-0.05, 0) is 57.8 Å². The maximum atomic E-state index is 13.2. The minimum absolute atomic E-state index is 0.0527. The van der Waals surface area contributed by atoms with Crippen molar-refractivity contribution in [1.82, 2.24) is 20.0 Å². The fraction of sp³-hybridized carbons (Fsp3) is 0.714. The Hall–Kier alpha value is -1.48. The Kier molecular flexibility index (Phi) is 6.24. The first-order valence-electron chi connectivity index (χ1n) is 10.7. The van der Waals surface area contributed by atoms with Crippen LogP contribution in [0.1, 0.15) is 29.5 Å². The number of aryl methyl sites for hydroxylation is 1. The predicted octanol–water partition coefficient (Wildman–Crippen LogP) is 1.91. The van der Waals surface area contributed by atoms with Crippen molar-refractivity contribution in [3.05, 3.63) is 21.9 Å². The number of nitrogens with one attached hydrogen (secondary N) is 1. The molecule has 160 valence electrons. The highest BCUT2D eigenvalue weighted by Gasteiger charge is 2.52. The van der Waals surface area contributed by atoms with Gasteiger partial charge in [0, 0.05) is 42.5 Å². The highest BCUT2D eigenvalue weighted by atomic mass is 32.1. The SMILES string of the molecule is Cc1ccc(CN2CCC(C3(C)NC(=O)N(CCN4CCOCC4)C3=O)CC2)s1. The van der Waals surface area contributed by atoms with Crippen molar-refractivity contribution in [2.24, 2.45) is 5.92 Å². The number of imide groups is 1. The summed E-state index contributed by atoms with van der Waals surface area (Å²) in [6.45, 7) is 11.3. The van der Waals surface area contributed by atoms with Gasteiger partial charge in [-0.25, -0.2) is 4.79 Å². The van der Waals surface area contributed by atoms with Crippen LogP contribution >= 0.6 is 11.3 Å². The Morgan fingerprint density at radius 1 is 1.10 bits per heavy atom. The average molecular weight is 421 g/mol. The summed E-state index contributed by atoms with van der Waals surface area (Å²) in [5, 5.41) is 3.03. The molecule has 4 rings (SSSR count). The molecule has 3 saturated heterocycles. The van der Waals surface area contributed by atoms with Crippen LogP contribution < -0.4 is 5.32 Å². The molecule has 3 aliphatic rings. The van der Waals surface area contributed by atoms with Gasteiger partial charge in [-0.1, -0.05) is 0 Å². The second-order valence-corrected chi connectivity index (χ2v) is 9.98. The third-order valence-electron chi connectivity index (χ3n) is 6.62. The number of piperidine rings is 1. The molecule has 1 aromatic rings. The van der Waals surface area contributed by atoms with E-state index in [4.69, 9.17) is 4.74 Å². The van der Waals surface area contributed by atoms with Crippen LogP contribution in [0.4, 0.5) is 4.79 Å². The maximum absolute atomic E-state index is 13.2. The molecule has 3 fully saturated rings. The van der Waals surface area contributed by atoms with E-state index < -0.39 is 5.54 Å². The zero-order valence-corrected chi connectivity index (χ0v) is 18.3. The monoisotopic (exact) mass is 420 g/mol. The van der Waals surface area contributed by atoms with Gasteiger partial charge in [0.15, 0.2) is 0 Å². The Morgan fingerprint density at radius 2 is 1.83 bits per heavy atom. The van der Waals surface area contributed by atoms with Crippen molar-refractivity contribution in [3.8, 4) is 0 Å². The van der Waals surface area contributed by atoms with Crippen LogP contribution in [0.25, 0.3) is 0 Å². The summed E-state index contributed by atoms with van der Waals surface area (Å²) in [6.07, 6.45) is 1.87. The number of morpholine rings is 1. The number of hydrogen-bond donors (Lipinski definition) is 1. The van der Waals surface area contributed by atoms with E-state index >= 15 is 0 Å². The number of rotatable bonds is 6. The van der Waals surface area contributed by atoms with Gasteiger partial charge in [-0.2, -0.15) is 0 Å². The molecule has 29 heavy (non-hydrogen) atoms. The fourth-order valence-corrected chi connectivity index (χ4v) is 5.65. The van der Waals surface area contributed by atoms with Crippen molar-refractivity contribution < 1.29 is 14.3 Å². The Labute approximate surface area is 177 Å². The lowest BCUT2D eigenvalue weighted by Gasteiger charge is -2.38. The van der Waals surface area contributed by atoms with Gasteiger partial charge in [0.25, 0.3) is 5.91 Å². The molecule has 3 aliphatic heterocycles. The Balaban J connectivity index is 1.31. The maximum Gasteiger partial charge on any atom is 0.325 e. The molecule has 7 nitrogen and oxygen atoms in total. The van der Waals surface area contributed by atoms with E-state index in [1.165, 1.54) is 14.7 Å². The summed E-state index contributed by atoms with van der Waals surface area (Å²) in [7, 11) is 0. The second-order valence-electron chi connectivity index (χ2n) is 8.61. The van der Waals surface area contributed by atoms with Gasteiger partial charge >= 0.3 is 6.03 Å². The number of nitrogens with zero attached hydrogens (tertiary/aromatic N) is 3. The lowest BCUT2D eigenvalue weighted by Crippen LogP contribution is -2.54. The standard InChI is InChI=1S/C21H32N4O3S/c1-16-3-4-18(29-16)15-24-7-5-17(6-8-24)21(2)19(26)25(20(27)22-21)10-9-23-11-13-28-14-12-23/h3-4,17H,5-15H2,1-2H3,(H,22,27). The lowest BCUT2D eigenvalue weighted by atomic mass is 9.79. The van der Waals surface area contributed by atoms with Crippen molar-refractivity contribution in [3.63, 3.8) is 0 Å². The molecule has 0 spiro atoms. The highest BCUT2D eigenvalue weighted by Crippen LogP contribution is 2.34. The van der Waals surface area contributed by atoms with Gasteiger partial charge in [-0.15, -0.1) is 11.3 Å². The third-order valence-corrected chi connectivity index (χ3v) is 7.61. The van der Waals surface area contributed by atoms with Gasteiger partial charge in [0.2, 0.25) is 0 Å². The van der Waals surface area contributed by atoms with E-state index in [1.54, 1.807) is 0 Å². The number of hydrogen-bond acceptors (Lipinski definition) is 6. The number of thiophene rings is 1. The first-order valence-corrected chi connectivity index (χ1v) is 11.5. The lowest BCUT2D eigenvalue weighted by molar-refractivity contribution is -0.133. The minimum Gasteiger partial charge on any atom is -0.379 e. The molecular weight excluding hydrogens is 388 g/mol. The Bertz CT molecular complexity index is 740. The van der Waals surface area contributed by atoms with E-state index in [0.29, 0.717) is 6.54 Å². The number of likely N-dealkylation sites (tertiary alicyclic amines) is 1. The molecule has 0 aromatic carbocycles. The molecule has 1 aromatic heterocycles. The summed E-state index contributed by atoms with van der Waals surface area (Å²) >= 11 is 1.85. The van der Waals surface area contributed by atoms with Crippen LogP contribution in [0, 0.1) is 12.8 Å². The second kappa shape index (κ2) is 8.71. The first kappa shape index (κ1) is 20.8. The van der Waals surface area contributed by atoms with E-state index in [1.807, 2.05) is 18.3 Å². The van der Waals surface area contributed by atoms with E-state index in [-0.39, 0.29) is 17.9 Å². The van der Waals surface area contributed by atoms with Crippen LogP contribution in [0.2, 0.25) is 0 Å². The minimum atomic E-state index is -0.770. The van der Waals surface area contributed by atoms with Crippen molar-refractivity contribution in [2.75, 3.05) is 52.5 Å². The van der Waals surface area contributed by atoms with E-state index in [0.717, 1.165) is 65.3 Å². The van der Waals surface area contributed by atoms with E-state index in [2.05, 4.69) is 34.2 Å². The molecule has 3 amide bonds. The summed E-state index contributed by atoms with van der Waals surface area (Å²) in [5.41, 5.74) is -0.770. The molecule has 0 aliphatic carbocycles. The zero-order chi connectivity index (χ0) is 20.4. The van der Waals surface area contributed by atoms with Gasteiger partial charge < -0.3 is 10.1 Å². The molecule has 1 atom stereocenters. The van der Waals surface area contributed by atoms with Crippen LogP contribution in [0.5, 0.6) is 0 Å². The van der Waals surface area contributed by atoms with E-state index in [9.17, 15) is 9.59 Å². The number of amides is 3. The molecule has 0 radical (unpaired) electrons. The normalized spacial score (nSPS) is 27.6. The quantitative estimate of drug-likeness (QED) is 0.713. The third kappa shape index (κ3) is 4.50. The number of ether oxygens (including phenoxy) is 1. The summed E-state index contributed by atoms with van der Waals surface area (Å²) in [4.78, 5) is 34.6. The number of carbonyl (C=O) groups is 2. The van der Waals surface area contributed by atoms with Gasteiger partial charge in [-0.3, -0.25) is 19.5 Å². The van der Waals surface area contributed by atoms with Gasteiger partial charge in [0.05, 0.1) is 13.2 Å². The predicted molar refractivity (Wildman–Crippen MR) is 113 cm³/mol. The first-order chi connectivity index (χ1) is 14.0. The molecule has 0 bridgehead atoms. The fourth-order valence-electron chi connectivity index (χ4n) is 4.72. The summed E-state index contributed by atoms with van der Waals surface area (Å²) < 4.78 is 5.37. The van der Waals surface area contributed by atoms with Gasteiger partial charge in [0.1, 0.15) is 5.54 Å². The molecule has 4 heterocycles. The number of carbonyl (C=O) groups excluding carboxylic acids is 2. The largest absolute Gasteiger partial charge is 0.379 e.